The van der Waals surface area contributed by atoms with E-state index in [9.17, 15) is 37.6 Å². The van der Waals surface area contributed by atoms with Crippen LogP contribution in [0.15, 0.2) is 34.7 Å². The molecule has 396 valence electrons. The van der Waals surface area contributed by atoms with Gasteiger partial charge in [-0.05, 0) is 87.0 Å². The monoisotopic (exact) mass is 1030 g/mol. The Labute approximate surface area is 423 Å². The summed E-state index contributed by atoms with van der Waals surface area (Å²) in [6.07, 6.45) is 14.7. The zero-order valence-corrected chi connectivity index (χ0v) is 43.2. The Bertz CT molecular complexity index is 2210. The summed E-state index contributed by atoms with van der Waals surface area (Å²) in [5, 5.41) is 27.7. The Morgan fingerprint density at radius 3 is 2.15 bits per heavy atom. The van der Waals surface area contributed by atoms with Gasteiger partial charge in [0, 0.05) is 92.8 Å². The zero-order valence-electron chi connectivity index (χ0n) is 41.5. The highest BCUT2D eigenvalue weighted by atomic mass is 32.2. The quantitative estimate of drug-likeness (QED) is 0.0954. The lowest BCUT2D eigenvalue weighted by Gasteiger charge is -2.37. The molecule has 7 fully saturated rings. The van der Waals surface area contributed by atoms with Crippen molar-refractivity contribution in [3.63, 3.8) is 0 Å². The number of aliphatic hydroxyl groups excluding tert-OH is 2. The SMILES string of the molecule is COC1=C(OCC2=C[C@@H](CSC3CC(O)N(CCCC(N)=O)C3O)C[C@@H](COC3=C(OC)C[C@@H]4C(=O)N5C6CCCC[C@@H]6C[C@H]5CN[C@@H]4C3)C2)CC2NC(S(=O)(=O)O)[C@@H]3C[C@@H]4CCCCC4N3C(=O)[C@@H]2C1. The normalized spacial score (nSPS) is 39.6. The topological polar surface area (TPSA) is 243 Å². The summed E-state index contributed by atoms with van der Waals surface area (Å²) in [7, 11) is -1.32. The first-order valence-electron chi connectivity index (χ1n) is 26.8. The van der Waals surface area contributed by atoms with Gasteiger partial charge in [-0.15, -0.1) is 0 Å². The van der Waals surface area contributed by atoms with Crippen LogP contribution in [0.3, 0.4) is 0 Å². The summed E-state index contributed by atoms with van der Waals surface area (Å²) in [4.78, 5) is 45.9. The van der Waals surface area contributed by atoms with E-state index in [1.807, 2.05) is 0 Å². The molecule has 5 aliphatic carbocycles. The van der Waals surface area contributed by atoms with Gasteiger partial charge in [0.15, 0.2) is 5.37 Å². The summed E-state index contributed by atoms with van der Waals surface area (Å²) in [5.41, 5.74) is 6.40. The smallest absolute Gasteiger partial charge is 0.283 e. The molecule has 20 heteroatoms. The third-order valence-electron chi connectivity index (χ3n) is 18.3. The van der Waals surface area contributed by atoms with E-state index in [0.29, 0.717) is 80.9 Å². The van der Waals surface area contributed by atoms with Crippen LogP contribution in [0.2, 0.25) is 0 Å². The number of hydrogen-bond acceptors (Lipinski definition) is 15. The Morgan fingerprint density at radius 1 is 0.803 bits per heavy atom. The number of rotatable bonds is 16. The van der Waals surface area contributed by atoms with Crippen LogP contribution in [0.4, 0.5) is 0 Å². The van der Waals surface area contributed by atoms with E-state index in [1.165, 1.54) is 19.3 Å². The fourth-order valence-corrected chi connectivity index (χ4v) is 17.3. The van der Waals surface area contributed by atoms with Gasteiger partial charge in [0.1, 0.15) is 42.1 Å². The number of carbonyl (C=O) groups is 3. The second-order valence-electron chi connectivity index (χ2n) is 22.6. The number of nitrogens with zero attached hydrogens (tertiary/aromatic N) is 3. The van der Waals surface area contributed by atoms with Crippen molar-refractivity contribution in [3.8, 4) is 0 Å². The molecule has 0 bridgehead atoms. The van der Waals surface area contributed by atoms with Crippen LogP contribution in [0.25, 0.3) is 0 Å². The first kappa shape index (κ1) is 51.4. The molecule has 7 N–H and O–H groups in total. The number of aliphatic hydroxyl groups is 2. The van der Waals surface area contributed by atoms with Crippen molar-refractivity contribution in [1.82, 2.24) is 25.3 Å². The van der Waals surface area contributed by atoms with Crippen LogP contribution in [0, 0.1) is 35.5 Å². The lowest BCUT2D eigenvalue weighted by molar-refractivity contribution is -0.140. The number of nitrogens with two attached hydrogens (primary N) is 1. The molecule has 5 heterocycles. The fourth-order valence-electron chi connectivity index (χ4n) is 14.9. The molecule has 0 aromatic heterocycles. The van der Waals surface area contributed by atoms with Gasteiger partial charge in [0.25, 0.3) is 10.1 Å². The van der Waals surface area contributed by atoms with Crippen molar-refractivity contribution < 1.29 is 56.5 Å². The Morgan fingerprint density at radius 2 is 1.45 bits per heavy atom. The summed E-state index contributed by atoms with van der Waals surface area (Å²) in [6.45, 7) is 1.80. The van der Waals surface area contributed by atoms with E-state index in [1.54, 1.807) is 35.8 Å². The van der Waals surface area contributed by atoms with Gasteiger partial charge >= 0.3 is 0 Å². The van der Waals surface area contributed by atoms with Crippen LogP contribution in [-0.2, 0) is 43.4 Å². The fraction of sp³-hybridized carbons (Fsp3) is 0.824. The minimum Gasteiger partial charge on any atom is -0.498 e. The molecule has 7 unspecified atom stereocenters. The number of allylic oxidation sites excluding steroid dienone is 3. The molecular weight excluding hydrogens is 953 g/mol. The Balaban J connectivity index is 0.839. The molecule has 71 heavy (non-hydrogen) atoms. The lowest BCUT2D eigenvalue weighted by atomic mass is 9.82. The third kappa shape index (κ3) is 10.6. The number of nitrogens with one attached hydrogen (secondary N) is 2. The number of likely N-dealkylation sites (tertiary alicyclic amines) is 1. The van der Waals surface area contributed by atoms with Gasteiger partial charge in [-0.25, -0.2) is 0 Å². The lowest BCUT2D eigenvalue weighted by Crippen LogP contribution is -2.52. The second kappa shape index (κ2) is 21.6. The number of hydrogen-bond donors (Lipinski definition) is 6. The van der Waals surface area contributed by atoms with Crippen molar-refractivity contribution in [2.45, 2.75) is 181 Å². The minimum atomic E-state index is -4.56. The van der Waals surface area contributed by atoms with E-state index in [4.69, 9.17) is 24.7 Å². The zero-order chi connectivity index (χ0) is 49.7. The van der Waals surface area contributed by atoms with Crippen LogP contribution < -0.4 is 16.4 Å². The van der Waals surface area contributed by atoms with Crippen LogP contribution in [0.1, 0.15) is 122 Å². The van der Waals surface area contributed by atoms with Crippen molar-refractivity contribution in [1.29, 1.82) is 0 Å². The van der Waals surface area contributed by atoms with E-state index in [2.05, 4.69) is 21.6 Å². The molecule has 5 aliphatic heterocycles. The minimum absolute atomic E-state index is 0.0402. The summed E-state index contributed by atoms with van der Waals surface area (Å²) in [6, 6.07) is -0.754. The summed E-state index contributed by atoms with van der Waals surface area (Å²) in [5.74, 6) is 3.20. The number of carbonyl (C=O) groups excluding carboxylic acids is 3. The number of methoxy groups -OCH3 is 2. The molecular formula is C51H78N6O12S2. The first-order valence-corrected chi connectivity index (χ1v) is 29.3. The van der Waals surface area contributed by atoms with Gasteiger partial charge in [-0.1, -0.05) is 31.8 Å². The predicted octanol–water partition coefficient (Wildman–Crippen LogP) is 3.69. The molecule has 10 rings (SSSR count). The first-order chi connectivity index (χ1) is 34.2. The number of ether oxygens (including phenoxy) is 4. The molecule has 0 aromatic carbocycles. The molecule has 0 aromatic rings. The second-order valence-corrected chi connectivity index (χ2v) is 25.4. The molecule has 10 aliphatic rings. The largest absolute Gasteiger partial charge is 0.498 e. The van der Waals surface area contributed by atoms with Gasteiger partial charge in [-0.3, -0.25) is 29.2 Å². The number of amides is 3. The molecule has 5 saturated heterocycles. The van der Waals surface area contributed by atoms with Crippen LogP contribution in [0.5, 0.6) is 0 Å². The molecule has 18 nitrogen and oxygen atoms in total. The maximum absolute atomic E-state index is 14.5. The maximum Gasteiger partial charge on any atom is 0.283 e. The number of fused-ring (bicyclic) bond motifs is 8. The van der Waals surface area contributed by atoms with Gasteiger partial charge in [0.05, 0.1) is 38.7 Å². The van der Waals surface area contributed by atoms with E-state index < -0.39 is 51.9 Å². The van der Waals surface area contributed by atoms with E-state index in [0.717, 1.165) is 68.6 Å². The molecule has 0 spiro atoms. The van der Waals surface area contributed by atoms with Crippen LogP contribution in [-0.4, -0.2) is 161 Å². The summed E-state index contributed by atoms with van der Waals surface area (Å²) < 4.78 is 62.2. The Kier molecular flexibility index (Phi) is 15.6. The molecule has 0 radical (unpaired) electrons. The highest BCUT2D eigenvalue weighted by molar-refractivity contribution is 8.00. The standard InChI is InChI=1S/C51H78N6O12S2/c1-66-41-19-34-36(53-24-33-17-31-8-3-5-10-38(31)56(33)49(34)60)21-43(41)68-25-28-14-29(16-30(15-28)27-70-45-23-47(59)55(51(45)62)13-7-12-46(52)58)26-69-44-22-37-35(20-42(44)67-2)50(61)57-39-11-6-4-9-32(39)18-40(57)48(54-37)71(63,64)65/h16,28,30-40,45,47-48,51,53-54,59,62H,3-15,17-27H2,1-2H3,(H2,52,58)(H,63,64,65)/t28-,30-,31+,32-,33-,34-,35+,36+,37?,38?,39?,40-,45?,47?,48?,51?/m0/s1. The highest BCUT2D eigenvalue weighted by Crippen LogP contribution is 2.48. The van der Waals surface area contributed by atoms with E-state index in [-0.39, 0.29) is 84.7 Å². The number of primary amides is 1. The van der Waals surface area contributed by atoms with Crippen molar-refractivity contribution in [2.24, 2.45) is 41.2 Å². The Hall–Kier alpha value is -3.11. The van der Waals surface area contributed by atoms with Gasteiger partial charge < -0.3 is 50.0 Å². The van der Waals surface area contributed by atoms with Crippen molar-refractivity contribution in [2.75, 3.05) is 46.3 Å². The number of thioether (sulfide) groups is 1. The van der Waals surface area contributed by atoms with Gasteiger partial charge in [0.2, 0.25) is 17.7 Å². The van der Waals surface area contributed by atoms with Crippen molar-refractivity contribution >= 4 is 39.6 Å². The maximum atomic E-state index is 14.5. The average Bonchev–Trinajstić information content (AvgIpc) is 3.95. The summed E-state index contributed by atoms with van der Waals surface area (Å²) >= 11 is 1.62. The molecule has 3 amide bonds. The average molecular weight is 1030 g/mol. The van der Waals surface area contributed by atoms with Crippen LogP contribution >= 0.6 is 11.8 Å². The highest BCUT2D eigenvalue weighted by Gasteiger charge is 2.57. The van der Waals surface area contributed by atoms with Crippen molar-refractivity contribution in [3.05, 3.63) is 34.7 Å². The third-order valence-corrected chi connectivity index (χ3v) is 20.9. The van der Waals surface area contributed by atoms with E-state index >= 15 is 0 Å². The molecule has 16 atom stereocenters. The molecule has 2 saturated carbocycles. The predicted molar refractivity (Wildman–Crippen MR) is 264 cm³/mol. The van der Waals surface area contributed by atoms with Gasteiger partial charge in [-0.2, -0.15) is 20.2 Å².